The summed E-state index contributed by atoms with van der Waals surface area (Å²) in [5.41, 5.74) is 0. The standard InChI is InChI=1S/C83H147NO18/c1-3-5-7-9-11-13-15-17-19-21-23-25-27-29-31-32-33-34-35-37-39-41-43-45-47-49-51-53-55-57-59-61-71(89)84-66(67(88)60-58-56-54-52-50-48-46-44-42-40-38-36-30-28-26-24-22-20-18-16-14-12-10-8-6-4-2)65-97-81-77(95)74(92)79(69(63-86)99-81)102-83-78(96)75(93)80(70(64-87)100-83)101-82-76(94)73(91)72(90)68(62-85)98-82/h5,7,11,13,17,19,23,25,29,31,33-34,58,60,66-70,72-83,85-88,90-96H,3-4,6,8-10,12,14-16,18,20-22,24,26-28,30,32,35-57,59,61-65H2,1-2H3,(H,84,89)/b7-5-,13-11-,19-17-,25-23-,31-29-,34-33-,60-58+. The van der Waals surface area contributed by atoms with E-state index in [9.17, 15) is 61.0 Å². The minimum Gasteiger partial charge on any atom is -0.394 e. The number of unbranched alkanes of at least 4 members (excludes halogenated alkanes) is 36. The van der Waals surface area contributed by atoms with Crippen LogP contribution in [-0.4, -0.2) is 193 Å². The van der Waals surface area contributed by atoms with Crippen molar-refractivity contribution in [2.24, 2.45) is 0 Å². The first kappa shape index (κ1) is 93.2. The van der Waals surface area contributed by atoms with E-state index < -0.39 is 124 Å². The van der Waals surface area contributed by atoms with E-state index >= 15 is 0 Å². The fourth-order valence-electron chi connectivity index (χ4n) is 13.4. The predicted octanol–water partition coefficient (Wildman–Crippen LogP) is 13.8. The molecule has 3 fully saturated rings. The highest BCUT2D eigenvalue weighted by Crippen LogP contribution is 2.33. The van der Waals surface area contributed by atoms with Crippen molar-refractivity contribution in [3.63, 3.8) is 0 Å². The Hall–Kier alpha value is -3.03. The summed E-state index contributed by atoms with van der Waals surface area (Å²) in [5.74, 6) is -0.277. The van der Waals surface area contributed by atoms with Crippen LogP contribution < -0.4 is 5.32 Å². The predicted molar refractivity (Wildman–Crippen MR) is 406 cm³/mol. The van der Waals surface area contributed by atoms with Gasteiger partial charge in [-0.3, -0.25) is 4.79 Å². The number of hydrogen-bond acceptors (Lipinski definition) is 18. The zero-order chi connectivity index (χ0) is 73.9. The van der Waals surface area contributed by atoms with Crippen LogP contribution in [0.5, 0.6) is 0 Å². The van der Waals surface area contributed by atoms with Crippen LogP contribution in [0.25, 0.3) is 0 Å². The van der Waals surface area contributed by atoms with Crippen molar-refractivity contribution in [1.29, 1.82) is 0 Å². The Morgan fingerprint density at radius 2 is 0.676 bits per heavy atom. The SMILES string of the molecule is CC/C=C\C/C=C\C/C=C\C/C=C\C/C=C\C/C=C\CCCCCCCCCCCCCCC(=O)NC(COC1OC(CO)C(OC2OC(CO)C(OC3OC(CO)C(O)C(O)C3O)C(O)C2O)C(O)C1O)C(O)/C=C/CCCCCCCCCCCCCCCCCCCCCCCCCC. The highest BCUT2D eigenvalue weighted by molar-refractivity contribution is 5.76. The molecule has 0 aromatic carbocycles. The van der Waals surface area contributed by atoms with Crippen LogP contribution in [0.4, 0.5) is 0 Å². The van der Waals surface area contributed by atoms with Crippen LogP contribution in [0.3, 0.4) is 0 Å². The van der Waals surface area contributed by atoms with Gasteiger partial charge in [0.1, 0.15) is 73.2 Å². The summed E-state index contributed by atoms with van der Waals surface area (Å²) in [6, 6.07) is -0.981. The summed E-state index contributed by atoms with van der Waals surface area (Å²) in [6.45, 7) is 1.65. The normalized spacial score (nSPS) is 26.6. The molecular weight excluding hydrogens is 1300 g/mol. The number of nitrogens with one attached hydrogen (secondary N) is 1. The van der Waals surface area contributed by atoms with Crippen LogP contribution >= 0.6 is 0 Å². The van der Waals surface area contributed by atoms with Gasteiger partial charge in [-0.1, -0.05) is 311 Å². The largest absolute Gasteiger partial charge is 0.394 e. The highest BCUT2D eigenvalue weighted by Gasteiger charge is 2.54. The van der Waals surface area contributed by atoms with E-state index in [0.717, 1.165) is 96.3 Å². The van der Waals surface area contributed by atoms with Crippen molar-refractivity contribution >= 4 is 5.91 Å². The third-order valence-corrected chi connectivity index (χ3v) is 19.9. The molecule has 12 N–H and O–H groups in total. The average Bonchev–Trinajstić information content (AvgIpc) is 0.781. The number of aliphatic hydroxyl groups excluding tert-OH is 11. The molecule has 0 radical (unpaired) electrons. The van der Waals surface area contributed by atoms with E-state index in [-0.39, 0.29) is 18.9 Å². The van der Waals surface area contributed by atoms with Crippen LogP contribution in [-0.2, 0) is 33.2 Å². The Labute approximate surface area is 616 Å². The summed E-state index contributed by atoms with van der Waals surface area (Å²) in [7, 11) is 0. The zero-order valence-electron chi connectivity index (χ0n) is 63.3. The van der Waals surface area contributed by atoms with Crippen molar-refractivity contribution in [2.45, 2.75) is 407 Å². The lowest BCUT2D eigenvalue weighted by molar-refractivity contribution is -0.379. The smallest absolute Gasteiger partial charge is 0.220 e. The van der Waals surface area contributed by atoms with Gasteiger partial charge in [0.25, 0.3) is 0 Å². The molecule has 3 rings (SSSR count). The lowest BCUT2D eigenvalue weighted by atomic mass is 9.96. The minimum absolute atomic E-state index is 0.237. The molecule has 0 aliphatic carbocycles. The van der Waals surface area contributed by atoms with Crippen molar-refractivity contribution in [2.75, 3.05) is 26.4 Å². The Morgan fingerprint density at radius 1 is 0.363 bits per heavy atom. The molecule has 17 atom stereocenters. The summed E-state index contributed by atoms with van der Waals surface area (Å²) >= 11 is 0. The van der Waals surface area contributed by atoms with Crippen molar-refractivity contribution in [1.82, 2.24) is 5.32 Å². The van der Waals surface area contributed by atoms with E-state index in [1.807, 2.05) is 6.08 Å². The van der Waals surface area contributed by atoms with Gasteiger partial charge < -0.3 is 89.9 Å². The van der Waals surface area contributed by atoms with Gasteiger partial charge in [0.05, 0.1) is 38.6 Å². The molecule has 3 heterocycles. The van der Waals surface area contributed by atoms with E-state index in [0.29, 0.717) is 6.42 Å². The number of carbonyl (C=O) groups excluding carboxylic acids is 1. The van der Waals surface area contributed by atoms with E-state index in [2.05, 4.69) is 92.1 Å². The molecule has 17 unspecified atom stereocenters. The van der Waals surface area contributed by atoms with Gasteiger partial charge in [-0.2, -0.15) is 0 Å². The average molecular weight is 1450 g/mol. The van der Waals surface area contributed by atoms with E-state index in [1.54, 1.807) is 6.08 Å². The molecule has 0 spiro atoms. The van der Waals surface area contributed by atoms with Crippen LogP contribution in [0.1, 0.15) is 303 Å². The fraction of sp³-hybridized carbons (Fsp3) is 0.819. The van der Waals surface area contributed by atoms with Gasteiger partial charge in [0.2, 0.25) is 5.91 Å². The number of ether oxygens (including phenoxy) is 6. The summed E-state index contributed by atoms with van der Waals surface area (Å²) in [4.78, 5) is 13.5. The summed E-state index contributed by atoms with van der Waals surface area (Å²) in [5, 5.41) is 121. The molecule has 0 bridgehead atoms. The Kier molecular flexibility index (Phi) is 57.5. The number of carbonyl (C=O) groups is 1. The number of hydrogen-bond donors (Lipinski definition) is 12. The Bertz CT molecular complexity index is 2170. The summed E-state index contributed by atoms with van der Waals surface area (Å²) in [6.07, 6.45) is 57.0. The Balaban J connectivity index is 1.38. The third kappa shape index (κ3) is 42.5. The second-order valence-electron chi connectivity index (χ2n) is 28.9. The molecule has 3 aliphatic rings. The number of amides is 1. The molecule has 0 saturated carbocycles. The molecule has 1 amide bonds. The molecular formula is C83H147NO18. The first-order chi connectivity index (χ1) is 49.8. The first-order valence-corrected chi connectivity index (χ1v) is 40.8. The minimum atomic E-state index is -1.98. The van der Waals surface area contributed by atoms with Crippen molar-refractivity contribution in [3.8, 4) is 0 Å². The lowest BCUT2D eigenvalue weighted by Gasteiger charge is -2.48. The van der Waals surface area contributed by atoms with Crippen molar-refractivity contribution < 1.29 is 89.4 Å². The van der Waals surface area contributed by atoms with Gasteiger partial charge in [-0.25, -0.2) is 0 Å². The maximum absolute atomic E-state index is 13.5. The first-order valence-electron chi connectivity index (χ1n) is 40.8. The van der Waals surface area contributed by atoms with Crippen LogP contribution in [0.2, 0.25) is 0 Å². The van der Waals surface area contributed by atoms with Crippen molar-refractivity contribution in [3.05, 3.63) is 85.1 Å². The molecule has 3 saturated heterocycles. The number of rotatable bonds is 64. The van der Waals surface area contributed by atoms with Gasteiger partial charge in [-0.05, 0) is 70.6 Å². The Morgan fingerprint density at radius 3 is 1.06 bits per heavy atom. The molecule has 3 aliphatic heterocycles. The van der Waals surface area contributed by atoms with E-state index in [4.69, 9.17) is 28.4 Å². The van der Waals surface area contributed by atoms with Gasteiger partial charge in [-0.15, -0.1) is 0 Å². The van der Waals surface area contributed by atoms with Crippen LogP contribution in [0, 0.1) is 0 Å². The van der Waals surface area contributed by atoms with Gasteiger partial charge >= 0.3 is 0 Å². The number of aliphatic hydroxyl groups is 11. The fourth-order valence-corrected chi connectivity index (χ4v) is 13.4. The second-order valence-corrected chi connectivity index (χ2v) is 28.9. The lowest BCUT2D eigenvalue weighted by Crippen LogP contribution is -2.66. The molecule has 19 nitrogen and oxygen atoms in total. The number of allylic oxidation sites excluding steroid dienone is 13. The molecule has 0 aromatic heterocycles. The van der Waals surface area contributed by atoms with E-state index in [1.165, 1.54) is 180 Å². The van der Waals surface area contributed by atoms with Crippen LogP contribution in [0.15, 0.2) is 85.1 Å². The highest BCUT2D eigenvalue weighted by atomic mass is 16.8. The molecule has 102 heavy (non-hydrogen) atoms. The quantitative estimate of drug-likeness (QED) is 0.0199. The second kappa shape index (κ2) is 63.0. The maximum atomic E-state index is 13.5. The molecule has 592 valence electrons. The third-order valence-electron chi connectivity index (χ3n) is 19.9. The van der Waals surface area contributed by atoms with Gasteiger partial charge in [0.15, 0.2) is 18.9 Å². The van der Waals surface area contributed by atoms with Gasteiger partial charge in [0, 0.05) is 6.42 Å². The topological polar surface area (TPSA) is 307 Å². The summed E-state index contributed by atoms with van der Waals surface area (Å²) < 4.78 is 34.5. The monoisotopic (exact) mass is 1450 g/mol. The zero-order valence-corrected chi connectivity index (χ0v) is 63.3. The molecule has 19 heteroatoms. The molecule has 0 aromatic rings. The maximum Gasteiger partial charge on any atom is 0.220 e.